The first-order chi connectivity index (χ1) is 16.1. The zero-order valence-electron chi connectivity index (χ0n) is 19.2. The molecule has 0 bridgehead atoms. The predicted octanol–water partition coefficient (Wildman–Crippen LogP) is 6.30. The Labute approximate surface area is 196 Å². The Balaban J connectivity index is 1.08. The third kappa shape index (κ3) is 5.56. The number of rotatable bonds is 8. The first-order valence-electron chi connectivity index (χ1n) is 12.0. The molecule has 0 radical (unpaired) electrons. The molecule has 1 saturated carbocycles. The van der Waals surface area contributed by atoms with Gasteiger partial charge in [-0.2, -0.15) is 0 Å². The normalized spacial score (nSPS) is 23.3. The molecule has 1 aliphatic heterocycles. The minimum Gasteiger partial charge on any atom is -0.490 e. The van der Waals surface area contributed by atoms with Gasteiger partial charge < -0.3 is 14.4 Å². The molecule has 5 rings (SSSR count). The first kappa shape index (κ1) is 22.0. The largest absolute Gasteiger partial charge is 0.490 e. The second-order valence-corrected chi connectivity index (χ2v) is 9.65. The van der Waals surface area contributed by atoms with E-state index in [1.165, 1.54) is 23.3 Å². The minimum atomic E-state index is -0.218. The van der Waals surface area contributed by atoms with E-state index >= 15 is 0 Å². The van der Waals surface area contributed by atoms with E-state index in [-0.39, 0.29) is 11.9 Å². The van der Waals surface area contributed by atoms with E-state index in [9.17, 15) is 4.39 Å². The fourth-order valence-electron chi connectivity index (χ4n) is 5.42. The molecule has 1 aliphatic carbocycles. The second-order valence-electron chi connectivity index (χ2n) is 9.65. The summed E-state index contributed by atoms with van der Waals surface area (Å²) in [4.78, 5) is 2.62. The van der Waals surface area contributed by atoms with Gasteiger partial charge in [-0.25, -0.2) is 4.39 Å². The van der Waals surface area contributed by atoms with Gasteiger partial charge in [0.1, 0.15) is 23.9 Å². The molecule has 172 valence electrons. The summed E-state index contributed by atoms with van der Waals surface area (Å²) in [6.45, 7) is 6.29. The molecule has 2 aliphatic rings. The number of ether oxygens (including phenoxy) is 2. The van der Waals surface area contributed by atoms with Gasteiger partial charge >= 0.3 is 0 Å². The molecule has 3 nitrogen and oxygen atoms in total. The van der Waals surface area contributed by atoms with Crippen LogP contribution < -0.4 is 9.47 Å². The van der Waals surface area contributed by atoms with Crippen LogP contribution >= 0.6 is 0 Å². The van der Waals surface area contributed by atoms with Crippen LogP contribution in [0.3, 0.4) is 0 Å². The molecule has 3 aromatic rings. The highest BCUT2D eigenvalue weighted by atomic mass is 19.1. The zero-order valence-corrected chi connectivity index (χ0v) is 19.2. The topological polar surface area (TPSA) is 21.7 Å². The molecule has 4 heteroatoms. The summed E-state index contributed by atoms with van der Waals surface area (Å²) in [5.74, 6) is 3.37. The molecule has 0 aromatic heterocycles. The van der Waals surface area contributed by atoms with Crippen LogP contribution in [0.5, 0.6) is 11.5 Å². The van der Waals surface area contributed by atoms with Gasteiger partial charge in [-0.3, -0.25) is 0 Å². The molecule has 0 N–H and O–H groups in total. The quantitative estimate of drug-likeness (QED) is 0.406. The average Bonchev–Trinajstić information content (AvgIpc) is 3.38. The molecule has 3 aromatic carbocycles. The van der Waals surface area contributed by atoms with Crippen LogP contribution in [-0.4, -0.2) is 30.6 Å². The van der Waals surface area contributed by atoms with Gasteiger partial charge in [0, 0.05) is 19.6 Å². The molecule has 2 fully saturated rings. The SMILES string of the molecule is CC(CN1C[C@H]2C[C@H](Oc3ccc(F)cc3)C[C@H]2C1)c1ccc(OCc2ccccc2)cc1. The molecule has 1 saturated heterocycles. The maximum absolute atomic E-state index is 13.1. The fraction of sp³-hybridized carbons (Fsp3) is 0.379. The zero-order chi connectivity index (χ0) is 22.6. The molecule has 33 heavy (non-hydrogen) atoms. The Morgan fingerprint density at radius 1 is 0.848 bits per heavy atom. The Bertz CT molecular complexity index is 1010. The molecular weight excluding hydrogens is 413 g/mol. The summed E-state index contributed by atoms with van der Waals surface area (Å²) >= 11 is 0. The highest BCUT2D eigenvalue weighted by molar-refractivity contribution is 5.30. The minimum absolute atomic E-state index is 0.218. The number of hydrogen-bond acceptors (Lipinski definition) is 3. The lowest BCUT2D eigenvalue weighted by Crippen LogP contribution is -2.28. The van der Waals surface area contributed by atoms with Crippen molar-refractivity contribution < 1.29 is 13.9 Å². The van der Waals surface area contributed by atoms with Crippen molar-refractivity contribution in [3.05, 3.63) is 95.8 Å². The number of benzene rings is 3. The van der Waals surface area contributed by atoms with Gasteiger partial charge in [-0.05, 0) is 78.1 Å². The smallest absolute Gasteiger partial charge is 0.123 e. The molecule has 4 atom stereocenters. The van der Waals surface area contributed by atoms with Crippen molar-refractivity contribution in [3.8, 4) is 11.5 Å². The van der Waals surface area contributed by atoms with Gasteiger partial charge in [0.2, 0.25) is 0 Å². The van der Waals surface area contributed by atoms with Gasteiger partial charge in [0.25, 0.3) is 0 Å². The van der Waals surface area contributed by atoms with Crippen molar-refractivity contribution in [2.24, 2.45) is 11.8 Å². The van der Waals surface area contributed by atoms with Crippen LogP contribution in [0.25, 0.3) is 0 Å². The highest BCUT2D eigenvalue weighted by Gasteiger charge is 2.41. The highest BCUT2D eigenvalue weighted by Crippen LogP contribution is 2.40. The maximum Gasteiger partial charge on any atom is 0.123 e. The Kier molecular flexibility index (Phi) is 6.63. The number of likely N-dealkylation sites (tertiary alicyclic amines) is 1. The van der Waals surface area contributed by atoms with E-state index in [0.717, 1.165) is 44.0 Å². The lowest BCUT2D eigenvalue weighted by Gasteiger charge is -2.23. The van der Waals surface area contributed by atoms with Crippen molar-refractivity contribution in [2.75, 3.05) is 19.6 Å². The van der Waals surface area contributed by atoms with Crippen LogP contribution in [0.4, 0.5) is 4.39 Å². The van der Waals surface area contributed by atoms with E-state index in [0.29, 0.717) is 24.4 Å². The van der Waals surface area contributed by atoms with Crippen LogP contribution in [0.2, 0.25) is 0 Å². The Hall–Kier alpha value is -2.85. The predicted molar refractivity (Wildman–Crippen MR) is 129 cm³/mol. The van der Waals surface area contributed by atoms with Crippen molar-refractivity contribution in [1.29, 1.82) is 0 Å². The van der Waals surface area contributed by atoms with Gasteiger partial charge in [-0.15, -0.1) is 0 Å². The van der Waals surface area contributed by atoms with E-state index < -0.39 is 0 Å². The van der Waals surface area contributed by atoms with Crippen molar-refractivity contribution in [3.63, 3.8) is 0 Å². The molecule has 1 unspecified atom stereocenters. The van der Waals surface area contributed by atoms with E-state index in [4.69, 9.17) is 9.47 Å². The van der Waals surface area contributed by atoms with Crippen LogP contribution in [-0.2, 0) is 6.61 Å². The maximum atomic E-state index is 13.1. The number of fused-ring (bicyclic) bond motifs is 1. The fourth-order valence-corrected chi connectivity index (χ4v) is 5.42. The average molecular weight is 446 g/mol. The summed E-state index contributed by atoms with van der Waals surface area (Å²) in [6, 6.07) is 25.2. The molecule has 0 spiro atoms. The lowest BCUT2D eigenvalue weighted by molar-refractivity contribution is 0.184. The van der Waals surface area contributed by atoms with Crippen molar-refractivity contribution >= 4 is 0 Å². The molecule has 0 amide bonds. The van der Waals surface area contributed by atoms with Gasteiger partial charge in [0.15, 0.2) is 0 Å². The molecular formula is C29H32FNO2. The summed E-state index contributed by atoms with van der Waals surface area (Å²) in [5.41, 5.74) is 2.54. The third-order valence-corrected chi connectivity index (χ3v) is 7.13. The second kappa shape index (κ2) is 9.96. The van der Waals surface area contributed by atoms with Crippen LogP contribution in [0.1, 0.15) is 36.8 Å². The Morgan fingerprint density at radius 3 is 2.15 bits per heavy atom. The summed E-state index contributed by atoms with van der Waals surface area (Å²) in [7, 11) is 0. The number of hydrogen-bond donors (Lipinski definition) is 0. The summed E-state index contributed by atoms with van der Waals surface area (Å²) < 4.78 is 25.2. The van der Waals surface area contributed by atoms with E-state index in [2.05, 4.69) is 48.2 Å². The van der Waals surface area contributed by atoms with Crippen LogP contribution in [0.15, 0.2) is 78.9 Å². The summed E-state index contributed by atoms with van der Waals surface area (Å²) in [6.07, 6.45) is 2.45. The standard InChI is InChI=1S/C29H32FNO2/c1-21(23-7-11-27(12-8-23)32-20-22-5-3-2-4-6-22)17-31-18-24-15-29(16-25(24)19-31)33-28-13-9-26(30)10-14-28/h2-14,21,24-25,29H,15-20H2,1H3/t21?,24-,25+,29+. The van der Waals surface area contributed by atoms with Gasteiger partial charge in [-0.1, -0.05) is 49.4 Å². The van der Waals surface area contributed by atoms with E-state index in [1.54, 1.807) is 12.1 Å². The van der Waals surface area contributed by atoms with E-state index in [1.807, 2.05) is 18.2 Å². The number of halogens is 1. The van der Waals surface area contributed by atoms with Gasteiger partial charge in [0.05, 0.1) is 6.10 Å². The van der Waals surface area contributed by atoms with Crippen molar-refractivity contribution in [1.82, 2.24) is 4.90 Å². The first-order valence-corrected chi connectivity index (χ1v) is 12.0. The van der Waals surface area contributed by atoms with Crippen molar-refractivity contribution in [2.45, 2.75) is 38.4 Å². The third-order valence-electron chi connectivity index (χ3n) is 7.13. The summed E-state index contributed by atoms with van der Waals surface area (Å²) in [5, 5.41) is 0. The lowest BCUT2D eigenvalue weighted by atomic mass is 10.0. The van der Waals surface area contributed by atoms with Crippen LogP contribution in [0, 0.1) is 17.7 Å². The monoisotopic (exact) mass is 445 g/mol. The Morgan fingerprint density at radius 2 is 1.48 bits per heavy atom. The number of nitrogens with zero attached hydrogens (tertiary/aromatic N) is 1. The molecule has 1 heterocycles.